The van der Waals surface area contributed by atoms with Crippen molar-refractivity contribution in [1.82, 2.24) is 10.6 Å². The molecule has 60 heavy (non-hydrogen) atoms. The second-order valence-electron chi connectivity index (χ2n) is 14.8. The molecule has 0 bridgehead atoms. The maximum Gasteiger partial charge on any atom is 0.336 e. The average molecular weight is 835 g/mol. The molecule has 0 fully saturated rings. The third-order valence-corrected chi connectivity index (χ3v) is 12.9. The number of carbonyl (C=O) groups is 4. The van der Waals surface area contributed by atoms with Gasteiger partial charge in [0.05, 0.1) is 25.4 Å². The number of methoxy groups -OCH3 is 2. The van der Waals surface area contributed by atoms with Crippen LogP contribution in [0.25, 0.3) is 20.2 Å². The molecule has 2 atom stereocenters. The quantitative estimate of drug-likeness (QED) is 0.131. The van der Waals surface area contributed by atoms with E-state index in [1.165, 1.54) is 14.2 Å². The SMILES string of the molecule is COC(=O)C1=C(C)NC(C)=C(C(=O)Cc2ccccc2)C1c1csc2ccccc12.COC(=O)C1=C(C)NC(Cc2ccccc2)=C(C(C)=O)C1c1csc2ccccc12. The molecule has 2 unspecified atom stereocenters. The number of hydrogen-bond donors (Lipinski definition) is 2. The minimum atomic E-state index is -0.467. The van der Waals surface area contributed by atoms with Crippen molar-refractivity contribution >= 4 is 66.4 Å². The Hall–Kier alpha value is -6.36. The topological polar surface area (TPSA) is 111 Å². The zero-order chi connectivity index (χ0) is 42.5. The van der Waals surface area contributed by atoms with Crippen LogP contribution in [0.2, 0.25) is 0 Å². The molecule has 10 heteroatoms. The van der Waals surface area contributed by atoms with Crippen molar-refractivity contribution in [2.24, 2.45) is 0 Å². The number of benzene rings is 4. The van der Waals surface area contributed by atoms with Crippen LogP contribution >= 0.6 is 22.7 Å². The number of ketones is 2. The summed E-state index contributed by atoms with van der Waals surface area (Å²) in [4.78, 5) is 52.1. The van der Waals surface area contributed by atoms with Crippen LogP contribution in [-0.2, 0) is 41.5 Å². The summed E-state index contributed by atoms with van der Waals surface area (Å²) in [7, 11) is 2.75. The minimum absolute atomic E-state index is 0.000356. The van der Waals surface area contributed by atoms with Crippen molar-refractivity contribution in [3.63, 3.8) is 0 Å². The summed E-state index contributed by atoms with van der Waals surface area (Å²) in [6.45, 7) is 7.20. The highest BCUT2D eigenvalue weighted by Gasteiger charge is 2.39. The Bertz CT molecular complexity index is 2750. The van der Waals surface area contributed by atoms with E-state index in [4.69, 9.17) is 9.47 Å². The summed E-state index contributed by atoms with van der Waals surface area (Å²) in [5.74, 6) is -1.82. The lowest BCUT2D eigenvalue weighted by molar-refractivity contribution is -0.137. The fraction of sp³-hybridized carbons (Fsp3) is 0.200. The number of carbonyl (C=O) groups excluding carboxylic acids is 4. The van der Waals surface area contributed by atoms with E-state index in [2.05, 4.69) is 33.5 Å². The van der Waals surface area contributed by atoms with Gasteiger partial charge in [0.1, 0.15) is 0 Å². The van der Waals surface area contributed by atoms with Crippen LogP contribution in [0.5, 0.6) is 0 Å². The minimum Gasteiger partial charge on any atom is -0.466 e. The number of fused-ring (bicyclic) bond motifs is 2. The Labute approximate surface area is 357 Å². The molecule has 6 aromatic rings. The number of Topliss-reactive ketones (excluding diaryl/α,β-unsaturated/α-hetero) is 2. The molecular formula is C50H46N2O6S2. The molecule has 2 aliphatic rings. The Morgan fingerprint density at radius 2 is 0.983 bits per heavy atom. The number of thiophene rings is 2. The van der Waals surface area contributed by atoms with Gasteiger partial charge in [0.2, 0.25) is 0 Å². The molecule has 8 nitrogen and oxygen atoms in total. The molecule has 2 aliphatic heterocycles. The van der Waals surface area contributed by atoms with Crippen molar-refractivity contribution in [3.05, 3.63) is 187 Å². The molecule has 2 N–H and O–H groups in total. The Kier molecular flexibility index (Phi) is 12.7. The van der Waals surface area contributed by atoms with Gasteiger partial charge in [-0.15, -0.1) is 22.7 Å². The van der Waals surface area contributed by atoms with Crippen molar-refractivity contribution < 1.29 is 28.7 Å². The van der Waals surface area contributed by atoms with E-state index in [-0.39, 0.29) is 18.0 Å². The normalized spacial score (nSPS) is 16.6. The molecule has 4 aromatic carbocycles. The molecule has 4 heterocycles. The molecular weight excluding hydrogens is 789 g/mol. The number of nitrogens with one attached hydrogen (secondary N) is 2. The number of esters is 2. The number of allylic oxidation sites excluding steroid dienone is 6. The largest absolute Gasteiger partial charge is 0.466 e. The van der Waals surface area contributed by atoms with E-state index >= 15 is 0 Å². The predicted molar refractivity (Wildman–Crippen MR) is 241 cm³/mol. The van der Waals surface area contributed by atoms with E-state index in [0.29, 0.717) is 28.7 Å². The fourth-order valence-electron chi connectivity index (χ4n) is 8.32. The van der Waals surface area contributed by atoms with Crippen molar-refractivity contribution in [2.45, 2.75) is 52.4 Å². The molecule has 0 saturated carbocycles. The molecule has 304 valence electrons. The van der Waals surface area contributed by atoms with Gasteiger partial charge in [-0.1, -0.05) is 97.1 Å². The first-order valence-corrected chi connectivity index (χ1v) is 21.4. The summed E-state index contributed by atoms with van der Waals surface area (Å²) in [6.07, 6.45) is 0.862. The van der Waals surface area contributed by atoms with Crippen LogP contribution in [-0.4, -0.2) is 37.7 Å². The highest BCUT2D eigenvalue weighted by atomic mass is 32.1. The maximum absolute atomic E-state index is 13.5. The lowest BCUT2D eigenvalue weighted by atomic mass is 9.77. The summed E-state index contributed by atoms with van der Waals surface area (Å²) in [5.41, 5.74) is 9.24. The molecule has 0 saturated heterocycles. The maximum atomic E-state index is 13.5. The van der Waals surface area contributed by atoms with Gasteiger partial charge in [-0.05, 0) is 83.6 Å². The van der Waals surface area contributed by atoms with Gasteiger partial charge in [-0.2, -0.15) is 0 Å². The summed E-state index contributed by atoms with van der Waals surface area (Å²) < 4.78 is 12.5. The van der Waals surface area contributed by atoms with E-state index in [0.717, 1.165) is 65.2 Å². The van der Waals surface area contributed by atoms with Gasteiger partial charge in [0, 0.05) is 68.0 Å². The zero-order valence-corrected chi connectivity index (χ0v) is 36.0. The Morgan fingerprint density at radius 1 is 0.550 bits per heavy atom. The summed E-state index contributed by atoms with van der Waals surface area (Å²) >= 11 is 3.24. The van der Waals surface area contributed by atoms with E-state index in [9.17, 15) is 19.2 Å². The van der Waals surface area contributed by atoms with Gasteiger partial charge in [-0.25, -0.2) is 9.59 Å². The van der Waals surface area contributed by atoms with E-state index in [1.54, 1.807) is 29.6 Å². The van der Waals surface area contributed by atoms with Crippen LogP contribution in [0.3, 0.4) is 0 Å². The summed E-state index contributed by atoms with van der Waals surface area (Å²) in [5, 5.41) is 12.8. The third-order valence-electron chi connectivity index (χ3n) is 11.0. The van der Waals surface area contributed by atoms with Gasteiger partial charge in [0.15, 0.2) is 11.6 Å². The smallest absolute Gasteiger partial charge is 0.336 e. The van der Waals surface area contributed by atoms with Crippen molar-refractivity contribution in [1.29, 1.82) is 0 Å². The number of ether oxygens (including phenoxy) is 2. The average Bonchev–Trinajstić information content (AvgIpc) is 3.88. The summed E-state index contributed by atoms with van der Waals surface area (Å²) in [6, 6.07) is 35.9. The molecule has 8 rings (SSSR count). The van der Waals surface area contributed by atoms with Crippen LogP contribution in [0.1, 0.15) is 61.8 Å². The molecule has 0 amide bonds. The van der Waals surface area contributed by atoms with Gasteiger partial charge in [0.25, 0.3) is 0 Å². The zero-order valence-electron chi connectivity index (χ0n) is 34.4. The number of dihydropyridines is 2. The lowest BCUT2D eigenvalue weighted by Crippen LogP contribution is -2.32. The monoisotopic (exact) mass is 834 g/mol. The second kappa shape index (κ2) is 18.3. The Morgan fingerprint density at radius 3 is 1.48 bits per heavy atom. The van der Waals surface area contributed by atoms with Crippen LogP contribution in [0.15, 0.2) is 165 Å². The van der Waals surface area contributed by atoms with Crippen molar-refractivity contribution in [2.75, 3.05) is 14.2 Å². The highest BCUT2D eigenvalue weighted by molar-refractivity contribution is 7.17. The van der Waals surface area contributed by atoms with E-state index in [1.807, 2.05) is 118 Å². The third kappa shape index (κ3) is 8.39. The standard InChI is InChI=1S/2C25H23NO3S/c1-15-22(25(28)29-3)24(19-14-30-21-12-8-7-11-18(19)21)23(16(2)27)20(26-15)13-17-9-5-4-6-10-17;1-15-22(20(27)13-17-9-5-4-6-10-17)24(23(16(2)26-15)25(28)29-3)19-14-30-21-12-8-7-11-18(19)21/h2*4-12,14,24,26H,13H2,1-3H3. The molecule has 0 radical (unpaired) electrons. The lowest BCUT2D eigenvalue weighted by Gasteiger charge is -2.31. The number of rotatable bonds is 10. The second-order valence-corrected chi connectivity index (χ2v) is 16.6. The van der Waals surface area contributed by atoms with Crippen LogP contribution in [0, 0.1) is 0 Å². The fourth-order valence-corrected chi connectivity index (χ4v) is 10.3. The first kappa shape index (κ1) is 41.8. The van der Waals surface area contributed by atoms with Crippen LogP contribution in [0.4, 0.5) is 0 Å². The van der Waals surface area contributed by atoms with E-state index < -0.39 is 23.8 Å². The molecule has 2 aromatic heterocycles. The first-order valence-electron chi connectivity index (χ1n) is 19.6. The number of hydrogen-bond acceptors (Lipinski definition) is 10. The molecule has 0 spiro atoms. The van der Waals surface area contributed by atoms with Gasteiger partial charge < -0.3 is 20.1 Å². The predicted octanol–water partition coefficient (Wildman–Crippen LogP) is 10.2. The first-order chi connectivity index (χ1) is 29.0. The van der Waals surface area contributed by atoms with Crippen molar-refractivity contribution in [3.8, 4) is 0 Å². The Balaban J connectivity index is 0.000000181. The van der Waals surface area contributed by atoms with Gasteiger partial charge in [-0.3, -0.25) is 9.59 Å². The highest BCUT2D eigenvalue weighted by Crippen LogP contribution is 2.45. The van der Waals surface area contributed by atoms with Gasteiger partial charge >= 0.3 is 11.9 Å². The molecule has 0 aliphatic carbocycles. The van der Waals surface area contributed by atoms with Crippen LogP contribution < -0.4 is 10.6 Å².